The van der Waals surface area contributed by atoms with Crippen molar-refractivity contribution in [3.63, 3.8) is 0 Å². The summed E-state index contributed by atoms with van der Waals surface area (Å²) in [5.41, 5.74) is 9.12. The number of aromatic nitrogens is 4. The lowest BCUT2D eigenvalue weighted by Gasteiger charge is -2.34. The fraction of sp³-hybridized carbons (Fsp3) is 0.419. The minimum Gasteiger partial charge on any atom is -0.491 e. The molecule has 0 fully saturated rings. The van der Waals surface area contributed by atoms with Gasteiger partial charge in [0.1, 0.15) is 29.8 Å². The molecule has 6 rings (SSSR count). The predicted octanol–water partition coefficient (Wildman–Crippen LogP) is 5.19. The molecule has 1 aliphatic carbocycles. The fourth-order valence-corrected chi connectivity index (χ4v) is 5.90. The Morgan fingerprint density at radius 3 is 2.79 bits per heavy atom. The molecule has 0 bridgehead atoms. The van der Waals surface area contributed by atoms with E-state index in [4.69, 9.17) is 14.7 Å². The number of nitrogens with one attached hydrogen (secondary N) is 2. The number of amides is 1. The first kappa shape index (κ1) is 25.3. The summed E-state index contributed by atoms with van der Waals surface area (Å²) in [6.45, 7) is 12.6. The Bertz CT molecular complexity index is 1590. The first-order valence-electron chi connectivity index (χ1n) is 13.8. The molecule has 0 unspecified atom stereocenters. The van der Waals surface area contributed by atoms with Crippen molar-refractivity contribution in [2.75, 3.05) is 18.1 Å². The van der Waals surface area contributed by atoms with Gasteiger partial charge in [0, 0.05) is 30.3 Å². The van der Waals surface area contributed by atoms with Crippen molar-refractivity contribution < 1.29 is 9.53 Å². The standard InChI is InChI=1S/C31H36N6O2/c1-18-12-22(21-6-7-26-27(14-21)34-19(2)33-26)13-23-17-37(10-11-39-29(18)23)30-24-15-31(4,5)9-8-25(24)35-28(36-30)16-32-20(3)38/h6-7,12-14H,8-11,15-17H2,1-5H3,(H,32,38)(H,33,34). The molecule has 2 N–H and O–H groups in total. The second-order valence-corrected chi connectivity index (χ2v) is 11.7. The molecule has 0 atom stereocenters. The summed E-state index contributed by atoms with van der Waals surface area (Å²) < 4.78 is 6.33. The normalized spacial score (nSPS) is 16.3. The number of hydrogen-bond donors (Lipinski definition) is 2. The Balaban J connectivity index is 1.40. The van der Waals surface area contributed by atoms with Gasteiger partial charge in [0.05, 0.1) is 24.1 Å². The zero-order valence-corrected chi connectivity index (χ0v) is 23.4. The number of H-pyrrole nitrogens is 1. The molecule has 1 aliphatic heterocycles. The number of carbonyl (C=O) groups is 1. The molecule has 202 valence electrons. The SMILES string of the molecule is CC(=O)NCc1nc2c(c(N3CCOc4c(C)cc(-c5ccc6nc(C)[nH]c6c5)cc4C3)n1)CC(C)(C)CC2. The zero-order valence-electron chi connectivity index (χ0n) is 23.4. The van der Waals surface area contributed by atoms with Crippen LogP contribution in [0.2, 0.25) is 0 Å². The minimum atomic E-state index is -0.0809. The second-order valence-electron chi connectivity index (χ2n) is 11.7. The highest BCUT2D eigenvalue weighted by Gasteiger charge is 2.32. The summed E-state index contributed by atoms with van der Waals surface area (Å²) in [5, 5.41) is 2.88. The van der Waals surface area contributed by atoms with Gasteiger partial charge in [0.15, 0.2) is 0 Å². The summed E-state index contributed by atoms with van der Waals surface area (Å²) in [4.78, 5) is 31.8. The molecule has 0 radical (unpaired) electrons. The lowest BCUT2D eigenvalue weighted by atomic mass is 9.76. The zero-order chi connectivity index (χ0) is 27.3. The van der Waals surface area contributed by atoms with Crippen LogP contribution in [0.15, 0.2) is 30.3 Å². The van der Waals surface area contributed by atoms with Crippen LogP contribution in [-0.4, -0.2) is 39.0 Å². The molecule has 8 heteroatoms. The smallest absolute Gasteiger partial charge is 0.217 e. The Kier molecular flexibility index (Phi) is 6.28. The van der Waals surface area contributed by atoms with Crippen LogP contribution >= 0.6 is 0 Å². The lowest BCUT2D eigenvalue weighted by Crippen LogP contribution is -2.32. The molecule has 4 aromatic rings. The molecular weight excluding hydrogens is 488 g/mol. The molecule has 3 heterocycles. The lowest BCUT2D eigenvalue weighted by molar-refractivity contribution is -0.119. The van der Waals surface area contributed by atoms with Crippen LogP contribution in [0.1, 0.15) is 61.2 Å². The van der Waals surface area contributed by atoms with Gasteiger partial charge in [-0.1, -0.05) is 19.9 Å². The predicted molar refractivity (Wildman–Crippen MR) is 153 cm³/mol. The molecular formula is C31H36N6O2. The van der Waals surface area contributed by atoms with Crippen LogP contribution in [0.4, 0.5) is 5.82 Å². The molecule has 0 saturated carbocycles. The third-order valence-electron chi connectivity index (χ3n) is 7.86. The van der Waals surface area contributed by atoms with Gasteiger partial charge < -0.3 is 19.9 Å². The quantitative estimate of drug-likeness (QED) is 0.382. The number of aromatic amines is 1. The molecule has 1 amide bonds. The van der Waals surface area contributed by atoms with Crippen LogP contribution in [0, 0.1) is 19.3 Å². The maximum Gasteiger partial charge on any atom is 0.217 e. The molecule has 39 heavy (non-hydrogen) atoms. The van der Waals surface area contributed by atoms with E-state index in [0.717, 1.165) is 82.2 Å². The van der Waals surface area contributed by atoms with E-state index >= 15 is 0 Å². The number of hydrogen-bond acceptors (Lipinski definition) is 6. The average molecular weight is 525 g/mol. The largest absolute Gasteiger partial charge is 0.491 e. The van der Waals surface area contributed by atoms with Crippen molar-refractivity contribution in [2.45, 2.75) is 67.0 Å². The fourth-order valence-electron chi connectivity index (χ4n) is 5.90. The van der Waals surface area contributed by atoms with Crippen LogP contribution in [0.5, 0.6) is 5.75 Å². The van der Waals surface area contributed by atoms with E-state index in [0.29, 0.717) is 25.5 Å². The number of ether oxygens (including phenoxy) is 1. The van der Waals surface area contributed by atoms with Gasteiger partial charge in [-0.05, 0) is 79.5 Å². The van der Waals surface area contributed by atoms with Crippen molar-refractivity contribution in [1.29, 1.82) is 0 Å². The van der Waals surface area contributed by atoms with Gasteiger partial charge in [-0.2, -0.15) is 0 Å². The highest BCUT2D eigenvalue weighted by atomic mass is 16.5. The minimum absolute atomic E-state index is 0.0809. The summed E-state index contributed by atoms with van der Waals surface area (Å²) in [6, 6.07) is 10.8. The first-order valence-corrected chi connectivity index (χ1v) is 13.8. The van der Waals surface area contributed by atoms with Crippen molar-refractivity contribution in [1.82, 2.24) is 25.3 Å². The third kappa shape index (κ3) is 5.07. The van der Waals surface area contributed by atoms with Gasteiger partial charge in [-0.15, -0.1) is 0 Å². The van der Waals surface area contributed by atoms with Crippen LogP contribution < -0.4 is 15.0 Å². The van der Waals surface area contributed by atoms with Crippen molar-refractivity contribution in [3.8, 4) is 16.9 Å². The highest BCUT2D eigenvalue weighted by molar-refractivity contribution is 5.82. The maximum absolute atomic E-state index is 11.6. The van der Waals surface area contributed by atoms with Crippen LogP contribution in [0.25, 0.3) is 22.2 Å². The highest BCUT2D eigenvalue weighted by Crippen LogP contribution is 2.40. The van der Waals surface area contributed by atoms with Gasteiger partial charge in [-0.25, -0.2) is 15.0 Å². The topological polar surface area (TPSA) is 96.0 Å². The third-order valence-corrected chi connectivity index (χ3v) is 7.86. The van der Waals surface area contributed by atoms with E-state index in [9.17, 15) is 4.79 Å². The number of benzene rings is 2. The number of fused-ring (bicyclic) bond motifs is 3. The number of aryl methyl sites for hydroxylation is 3. The van der Waals surface area contributed by atoms with Gasteiger partial charge >= 0.3 is 0 Å². The Morgan fingerprint density at radius 2 is 1.97 bits per heavy atom. The molecule has 8 nitrogen and oxygen atoms in total. The van der Waals surface area contributed by atoms with E-state index in [1.807, 2.05) is 6.92 Å². The monoisotopic (exact) mass is 524 g/mol. The number of nitrogens with zero attached hydrogens (tertiary/aromatic N) is 4. The van der Waals surface area contributed by atoms with Gasteiger partial charge in [0.2, 0.25) is 5.91 Å². The van der Waals surface area contributed by atoms with Crippen LogP contribution in [-0.2, 0) is 30.7 Å². The summed E-state index contributed by atoms with van der Waals surface area (Å²) in [6.07, 6.45) is 2.94. The number of anilines is 1. The van der Waals surface area contributed by atoms with Crippen molar-refractivity contribution >= 4 is 22.8 Å². The number of rotatable bonds is 4. The Hall–Kier alpha value is -3.94. The summed E-state index contributed by atoms with van der Waals surface area (Å²) in [5.74, 6) is 3.43. The van der Waals surface area contributed by atoms with E-state index in [-0.39, 0.29) is 11.3 Å². The molecule has 0 spiro atoms. The van der Waals surface area contributed by atoms with Gasteiger partial charge in [0.25, 0.3) is 0 Å². The molecule has 2 aromatic heterocycles. The molecule has 0 saturated heterocycles. The van der Waals surface area contributed by atoms with Gasteiger partial charge in [-0.3, -0.25) is 4.79 Å². The molecule has 2 aromatic carbocycles. The number of carbonyl (C=O) groups excluding carboxylic acids is 1. The van der Waals surface area contributed by atoms with E-state index in [1.54, 1.807) is 0 Å². The molecule has 2 aliphatic rings. The van der Waals surface area contributed by atoms with E-state index in [2.05, 4.69) is 71.3 Å². The van der Waals surface area contributed by atoms with Crippen LogP contribution in [0.3, 0.4) is 0 Å². The van der Waals surface area contributed by atoms with E-state index < -0.39 is 0 Å². The first-order chi connectivity index (χ1) is 18.6. The number of imidazole rings is 1. The Labute approximate surface area is 229 Å². The van der Waals surface area contributed by atoms with E-state index in [1.165, 1.54) is 12.5 Å². The second kappa shape index (κ2) is 9.67. The van der Waals surface area contributed by atoms with Crippen molar-refractivity contribution in [2.24, 2.45) is 5.41 Å². The van der Waals surface area contributed by atoms with Crippen molar-refractivity contribution in [3.05, 3.63) is 64.4 Å². The summed E-state index contributed by atoms with van der Waals surface area (Å²) >= 11 is 0. The average Bonchev–Trinajstić information content (AvgIpc) is 3.12. The Morgan fingerprint density at radius 1 is 1.13 bits per heavy atom. The summed E-state index contributed by atoms with van der Waals surface area (Å²) in [7, 11) is 0. The maximum atomic E-state index is 11.6.